The van der Waals surface area contributed by atoms with E-state index in [1.165, 1.54) is 32.1 Å². The Morgan fingerprint density at radius 1 is 1.19 bits per heavy atom. The van der Waals surface area contributed by atoms with E-state index in [9.17, 15) is 0 Å². The average molecular weight is 290 g/mol. The third-order valence-electron chi connectivity index (χ3n) is 4.69. The minimum absolute atomic E-state index is 0.475. The molecule has 4 nitrogen and oxygen atoms in total. The molecule has 0 saturated heterocycles. The highest BCUT2D eigenvalue weighted by molar-refractivity contribution is 5.36. The fourth-order valence-corrected chi connectivity index (χ4v) is 3.06. The zero-order valence-corrected chi connectivity index (χ0v) is 14.0. The zero-order chi connectivity index (χ0) is 15.2. The van der Waals surface area contributed by atoms with Gasteiger partial charge in [-0.2, -0.15) is 0 Å². The quantitative estimate of drug-likeness (QED) is 0.872. The van der Waals surface area contributed by atoms with E-state index in [1.807, 2.05) is 12.4 Å². The molecule has 0 amide bonds. The van der Waals surface area contributed by atoms with E-state index in [0.29, 0.717) is 12.1 Å². The Hall–Kier alpha value is -1.16. The van der Waals surface area contributed by atoms with Gasteiger partial charge in [-0.3, -0.25) is 4.98 Å². The summed E-state index contributed by atoms with van der Waals surface area (Å²) < 4.78 is 0. The van der Waals surface area contributed by atoms with Crippen molar-refractivity contribution in [2.45, 2.75) is 71.5 Å². The number of hydrogen-bond donors (Lipinski definition) is 1. The summed E-state index contributed by atoms with van der Waals surface area (Å²) in [6.45, 7) is 7.38. The van der Waals surface area contributed by atoms with Crippen molar-refractivity contribution in [3.8, 4) is 0 Å². The van der Waals surface area contributed by atoms with Crippen LogP contribution in [0.5, 0.6) is 0 Å². The Balaban J connectivity index is 1.89. The minimum Gasteiger partial charge on any atom is -0.355 e. The molecule has 1 aromatic rings. The SMILES string of the molecule is CCC1CCC(N(C)c2cnc(CNC(C)C)cn2)CC1. The van der Waals surface area contributed by atoms with Crippen LogP contribution in [-0.2, 0) is 6.54 Å². The van der Waals surface area contributed by atoms with Crippen molar-refractivity contribution in [1.82, 2.24) is 15.3 Å². The summed E-state index contributed by atoms with van der Waals surface area (Å²) in [6.07, 6.45) is 10.4. The van der Waals surface area contributed by atoms with Crippen molar-refractivity contribution in [2.75, 3.05) is 11.9 Å². The predicted octanol–water partition coefficient (Wildman–Crippen LogP) is 3.38. The van der Waals surface area contributed by atoms with Gasteiger partial charge in [0, 0.05) is 25.7 Å². The minimum atomic E-state index is 0.475. The first kappa shape index (κ1) is 16.2. The van der Waals surface area contributed by atoms with Crippen LogP contribution < -0.4 is 10.2 Å². The van der Waals surface area contributed by atoms with E-state index in [1.54, 1.807) is 0 Å². The van der Waals surface area contributed by atoms with Gasteiger partial charge in [0.2, 0.25) is 0 Å². The molecule has 1 heterocycles. The standard InChI is InChI=1S/C17H30N4/c1-5-14-6-8-16(9-7-14)21(4)17-12-19-15(11-20-17)10-18-13(2)3/h11-14,16,18H,5-10H2,1-4H3. The summed E-state index contributed by atoms with van der Waals surface area (Å²) in [7, 11) is 2.16. The molecular formula is C17H30N4. The van der Waals surface area contributed by atoms with E-state index in [-0.39, 0.29) is 0 Å². The van der Waals surface area contributed by atoms with Crippen molar-refractivity contribution in [3.05, 3.63) is 18.1 Å². The lowest BCUT2D eigenvalue weighted by molar-refractivity contribution is 0.313. The molecule has 21 heavy (non-hydrogen) atoms. The Morgan fingerprint density at radius 3 is 2.43 bits per heavy atom. The molecule has 4 heteroatoms. The van der Waals surface area contributed by atoms with Gasteiger partial charge >= 0.3 is 0 Å². The summed E-state index contributed by atoms with van der Waals surface area (Å²) in [4.78, 5) is 11.4. The Kier molecular flexibility index (Phi) is 5.97. The largest absolute Gasteiger partial charge is 0.355 e. The zero-order valence-electron chi connectivity index (χ0n) is 14.0. The van der Waals surface area contributed by atoms with Crippen LogP contribution >= 0.6 is 0 Å². The summed E-state index contributed by atoms with van der Waals surface area (Å²) in [6, 6.07) is 1.10. The van der Waals surface area contributed by atoms with Gasteiger partial charge in [-0.1, -0.05) is 27.2 Å². The third-order valence-corrected chi connectivity index (χ3v) is 4.69. The number of anilines is 1. The summed E-state index contributed by atoms with van der Waals surface area (Å²) >= 11 is 0. The summed E-state index contributed by atoms with van der Waals surface area (Å²) in [5.74, 6) is 1.94. The van der Waals surface area contributed by atoms with E-state index in [2.05, 4.69) is 48.0 Å². The average Bonchev–Trinajstić information content (AvgIpc) is 2.53. The maximum Gasteiger partial charge on any atom is 0.147 e. The Morgan fingerprint density at radius 2 is 1.90 bits per heavy atom. The lowest BCUT2D eigenvalue weighted by Gasteiger charge is -2.35. The molecule has 1 aliphatic carbocycles. The maximum atomic E-state index is 4.59. The second-order valence-corrected chi connectivity index (χ2v) is 6.60. The fourth-order valence-electron chi connectivity index (χ4n) is 3.06. The van der Waals surface area contributed by atoms with Gasteiger partial charge in [0.05, 0.1) is 18.1 Å². The normalized spacial score (nSPS) is 22.5. The molecule has 1 saturated carbocycles. The summed E-state index contributed by atoms with van der Waals surface area (Å²) in [5, 5.41) is 3.37. The topological polar surface area (TPSA) is 41.1 Å². The van der Waals surface area contributed by atoms with Gasteiger partial charge in [0.15, 0.2) is 0 Å². The van der Waals surface area contributed by atoms with E-state index in [4.69, 9.17) is 0 Å². The molecule has 0 atom stereocenters. The monoisotopic (exact) mass is 290 g/mol. The van der Waals surface area contributed by atoms with Gasteiger partial charge in [-0.25, -0.2) is 4.98 Å². The van der Waals surface area contributed by atoms with Crippen molar-refractivity contribution in [3.63, 3.8) is 0 Å². The van der Waals surface area contributed by atoms with Crippen LogP contribution in [0.1, 0.15) is 58.6 Å². The third kappa shape index (κ3) is 4.67. The van der Waals surface area contributed by atoms with Crippen molar-refractivity contribution >= 4 is 5.82 Å². The second-order valence-electron chi connectivity index (χ2n) is 6.60. The molecule has 0 bridgehead atoms. The molecule has 2 rings (SSSR count). The predicted molar refractivity (Wildman–Crippen MR) is 88.4 cm³/mol. The number of rotatable bonds is 6. The van der Waals surface area contributed by atoms with Crippen LogP contribution in [0.3, 0.4) is 0 Å². The molecule has 1 aromatic heterocycles. The first-order valence-electron chi connectivity index (χ1n) is 8.37. The van der Waals surface area contributed by atoms with Gasteiger partial charge in [-0.15, -0.1) is 0 Å². The summed E-state index contributed by atoms with van der Waals surface area (Å²) in [5.41, 5.74) is 1.01. The Bertz CT molecular complexity index is 407. The molecule has 1 fully saturated rings. The van der Waals surface area contributed by atoms with Crippen molar-refractivity contribution < 1.29 is 0 Å². The first-order chi connectivity index (χ1) is 10.1. The highest BCUT2D eigenvalue weighted by atomic mass is 15.2. The van der Waals surface area contributed by atoms with Crippen LogP contribution in [0.15, 0.2) is 12.4 Å². The number of nitrogens with zero attached hydrogens (tertiary/aromatic N) is 3. The maximum absolute atomic E-state index is 4.59. The lowest BCUT2D eigenvalue weighted by atomic mass is 9.84. The van der Waals surface area contributed by atoms with Gasteiger partial charge in [0.1, 0.15) is 5.82 Å². The first-order valence-corrected chi connectivity index (χ1v) is 8.37. The molecule has 0 aliphatic heterocycles. The smallest absolute Gasteiger partial charge is 0.147 e. The lowest BCUT2D eigenvalue weighted by Crippen LogP contribution is -2.35. The molecule has 0 unspecified atom stereocenters. The van der Waals surface area contributed by atoms with Crippen LogP contribution in [0, 0.1) is 5.92 Å². The van der Waals surface area contributed by atoms with E-state index >= 15 is 0 Å². The molecule has 0 radical (unpaired) electrons. The molecule has 0 spiro atoms. The van der Waals surface area contributed by atoms with E-state index in [0.717, 1.165) is 24.0 Å². The second kappa shape index (κ2) is 7.74. The van der Waals surface area contributed by atoms with Gasteiger partial charge in [-0.05, 0) is 31.6 Å². The van der Waals surface area contributed by atoms with Crippen LogP contribution in [0.4, 0.5) is 5.82 Å². The highest BCUT2D eigenvalue weighted by Gasteiger charge is 2.23. The van der Waals surface area contributed by atoms with Crippen LogP contribution in [0.2, 0.25) is 0 Å². The number of hydrogen-bond acceptors (Lipinski definition) is 4. The van der Waals surface area contributed by atoms with Gasteiger partial charge in [0.25, 0.3) is 0 Å². The number of nitrogens with one attached hydrogen (secondary N) is 1. The molecule has 0 aromatic carbocycles. The van der Waals surface area contributed by atoms with Crippen LogP contribution in [0.25, 0.3) is 0 Å². The fraction of sp³-hybridized carbons (Fsp3) is 0.765. The van der Waals surface area contributed by atoms with E-state index < -0.39 is 0 Å². The van der Waals surface area contributed by atoms with Crippen LogP contribution in [-0.4, -0.2) is 29.1 Å². The number of aromatic nitrogens is 2. The molecular weight excluding hydrogens is 260 g/mol. The molecule has 118 valence electrons. The highest BCUT2D eigenvalue weighted by Crippen LogP contribution is 2.30. The molecule has 1 N–H and O–H groups in total. The van der Waals surface area contributed by atoms with Crippen molar-refractivity contribution in [2.24, 2.45) is 5.92 Å². The van der Waals surface area contributed by atoms with Crippen molar-refractivity contribution in [1.29, 1.82) is 0 Å². The van der Waals surface area contributed by atoms with Gasteiger partial charge < -0.3 is 10.2 Å². The Labute approximate surface area is 129 Å². The molecule has 1 aliphatic rings.